The Labute approximate surface area is 165 Å². The van der Waals surface area contributed by atoms with Crippen LogP contribution in [0.5, 0.6) is 0 Å². The van der Waals surface area contributed by atoms with Crippen LogP contribution in [0.1, 0.15) is 18.1 Å². The number of rotatable bonds is 6. The molecule has 2 aromatic rings. The quantitative estimate of drug-likeness (QED) is 0.778. The zero-order valence-electron chi connectivity index (χ0n) is 16.3. The van der Waals surface area contributed by atoms with Crippen LogP contribution in [-0.2, 0) is 25.5 Å². The molecule has 28 heavy (non-hydrogen) atoms. The van der Waals surface area contributed by atoms with Crippen molar-refractivity contribution >= 4 is 23.3 Å². The van der Waals surface area contributed by atoms with Crippen LogP contribution < -0.4 is 10.2 Å². The van der Waals surface area contributed by atoms with Gasteiger partial charge in [0, 0.05) is 24.5 Å². The molecule has 1 saturated heterocycles. The first-order valence-electron chi connectivity index (χ1n) is 9.50. The molecule has 1 amide bonds. The molecule has 6 heteroatoms. The Morgan fingerprint density at radius 1 is 1.07 bits per heavy atom. The van der Waals surface area contributed by atoms with Crippen LogP contribution in [0.2, 0.25) is 0 Å². The maximum Gasteiger partial charge on any atom is 0.311 e. The van der Waals surface area contributed by atoms with Crippen molar-refractivity contribution in [3.63, 3.8) is 0 Å². The Bertz CT molecular complexity index is 796. The molecule has 1 aliphatic heterocycles. The van der Waals surface area contributed by atoms with Crippen molar-refractivity contribution in [2.24, 2.45) is 0 Å². The van der Waals surface area contributed by atoms with E-state index < -0.39 is 12.1 Å². The summed E-state index contributed by atoms with van der Waals surface area (Å²) in [5.41, 5.74) is 3.76. The second-order valence-electron chi connectivity index (χ2n) is 6.93. The van der Waals surface area contributed by atoms with E-state index >= 15 is 0 Å². The highest BCUT2D eigenvalue weighted by molar-refractivity contribution is 5.95. The second-order valence-corrected chi connectivity index (χ2v) is 6.93. The van der Waals surface area contributed by atoms with Gasteiger partial charge in [0.05, 0.1) is 19.6 Å². The van der Waals surface area contributed by atoms with Gasteiger partial charge in [-0.15, -0.1) is 0 Å². The van der Waals surface area contributed by atoms with Crippen molar-refractivity contribution in [1.29, 1.82) is 0 Å². The maximum atomic E-state index is 12.3. The summed E-state index contributed by atoms with van der Waals surface area (Å²) in [6.07, 6.45) is -0.719. The van der Waals surface area contributed by atoms with Gasteiger partial charge in [-0.2, -0.15) is 0 Å². The molecular formula is C22H26N2O4. The van der Waals surface area contributed by atoms with E-state index in [0.717, 1.165) is 43.1 Å². The fourth-order valence-electron chi connectivity index (χ4n) is 2.99. The summed E-state index contributed by atoms with van der Waals surface area (Å²) in [5.74, 6) is -0.773. The molecule has 1 N–H and O–H groups in total. The van der Waals surface area contributed by atoms with E-state index in [0.29, 0.717) is 5.69 Å². The van der Waals surface area contributed by atoms with Gasteiger partial charge in [-0.3, -0.25) is 9.59 Å². The van der Waals surface area contributed by atoms with E-state index in [4.69, 9.17) is 9.47 Å². The molecule has 1 fully saturated rings. The van der Waals surface area contributed by atoms with E-state index in [1.807, 2.05) is 55.5 Å². The summed E-state index contributed by atoms with van der Waals surface area (Å²) >= 11 is 0. The fourth-order valence-corrected chi connectivity index (χ4v) is 2.99. The first kappa shape index (κ1) is 19.9. The molecule has 148 valence electrons. The maximum absolute atomic E-state index is 12.3. The van der Waals surface area contributed by atoms with Gasteiger partial charge in [-0.05, 0) is 43.7 Å². The number of aryl methyl sites for hydroxylation is 1. The highest BCUT2D eigenvalue weighted by Gasteiger charge is 2.18. The lowest BCUT2D eigenvalue weighted by Gasteiger charge is -2.28. The van der Waals surface area contributed by atoms with E-state index in [-0.39, 0.29) is 12.3 Å². The van der Waals surface area contributed by atoms with Crippen LogP contribution in [0.3, 0.4) is 0 Å². The van der Waals surface area contributed by atoms with Gasteiger partial charge < -0.3 is 19.7 Å². The van der Waals surface area contributed by atoms with Crippen LogP contribution in [0.4, 0.5) is 11.4 Å². The van der Waals surface area contributed by atoms with Crippen LogP contribution in [0, 0.1) is 6.92 Å². The van der Waals surface area contributed by atoms with Crippen LogP contribution in [0.25, 0.3) is 0 Å². The van der Waals surface area contributed by atoms with Crippen molar-refractivity contribution < 1.29 is 19.1 Å². The van der Waals surface area contributed by atoms with Crippen LogP contribution in [0.15, 0.2) is 48.5 Å². The number of amides is 1. The molecule has 0 spiro atoms. The molecule has 1 heterocycles. The normalized spacial score (nSPS) is 15.0. The number of carbonyl (C=O) groups is 2. The van der Waals surface area contributed by atoms with Crippen molar-refractivity contribution in [3.8, 4) is 0 Å². The summed E-state index contributed by atoms with van der Waals surface area (Å²) in [6, 6.07) is 15.3. The third kappa shape index (κ3) is 5.57. The molecule has 0 radical (unpaired) electrons. The average molecular weight is 382 g/mol. The highest BCUT2D eigenvalue weighted by Crippen LogP contribution is 2.19. The van der Waals surface area contributed by atoms with Gasteiger partial charge in [-0.25, -0.2) is 0 Å². The molecule has 1 aliphatic rings. The molecule has 0 saturated carbocycles. The molecule has 3 rings (SSSR count). The minimum absolute atomic E-state index is 0.145. The number of carbonyl (C=O) groups excluding carboxylic acids is 2. The minimum Gasteiger partial charge on any atom is -0.452 e. The number of benzene rings is 2. The molecule has 0 bridgehead atoms. The van der Waals surface area contributed by atoms with Crippen molar-refractivity contribution in [2.45, 2.75) is 26.4 Å². The number of nitrogens with zero attached hydrogens (tertiary/aromatic N) is 1. The van der Waals surface area contributed by atoms with Gasteiger partial charge in [0.15, 0.2) is 6.10 Å². The Balaban J connectivity index is 1.49. The summed E-state index contributed by atoms with van der Waals surface area (Å²) < 4.78 is 10.6. The summed E-state index contributed by atoms with van der Waals surface area (Å²) in [6.45, 7) is 6.74. The number of anilines is 2. The number of nitrogens with one attached hydrogen (secondary N) is 1. The molecule has 6 nitrogen and oxygen atoms in total. The van der Waals surface area contributed by atoms with E-state index in [2.05, 4.69) is 10.2 Å². The predicted octanol–water partition coefficient (Wildman–Crippen LogP) is 2.94. The van der Waals surface area contributed by atoms with E-state index in [1.165, 1.54) is 0 Å². The third-order valence-electron chi connectivity index (χ3n) is 4.66. The Morgan fingerprint density at radius 3 is 2.36 bits per heavy atom. The van der Waals surface area contributed by atoms with E-state index in [9.17, 15) is 9.59 Å². The van der Waals surface area contributed by atoms with Crippen molar-refractivity contribution in [2.75, 3.05) is 36.5 Å². The smallest absolute Gasteiger partial charge is 0.311 e. The number of esters is 1. The second kappa shape index (κ2) is 9.37. The number of ether oxygens (including phenoxy) is 2. The zero-order chi connectivity index (χ0) is 19.9. The first-order valence-corrected chi connectivity index (χ1v) is 9.50. The fraction of sp³-hybridized carbons (Fsp3) is 0.364. The molecule has 2 aromatic carbocycles. The largest absolute Gasteiger partial charge is 0.452 e. The molecule has 0 aromatic heterocycles. The standard InChI is InChI=1S/C22H26N2O4/c1-16-3-5-18(6-4-16)15-21(25)28-17(2)22(26)23-19-7-9-20(10-8-19)24-11-13-27-14-12-24/h3-10,17H,11-15H2,1-2H3,(H,23,26)/t17-/m1/s1. The van der Waals surface area contributed by atoms with E-state index in [1.54, 1.807) is 6.92 Å². The lowest BCUT2D eigenvalue weighted by Crippen LogP contribution is -2.36. The van der Waals surface area contributed by atoms with Gasteiger partial charge in [0.1, 0.15) is 0 Å². The topological polar surface area (TPSA) is 67.9 Å². The van der Waals surface area contributed by atoms with Gasteiger partial charge in [-0.1, -0.05) is 29.8 Å². The van der Waals surface area contributed by atoms with Gasteiger partial charge in [0.2, 0.25) is 0 Å². The van der Waals surface area contributed by atoms with Crippen molar-refractivity contribution in [1.82, 2.24) is 0 Å². The highest BCUT2D eigenvalue weighted by atomic mass is 16.5. The third-order valence-corrected chi connectivity index (χ3v) is 4.66. The van der Waals surface area contributed by atoms with Crippen LogP contribution in [-0.4, -0.2) is 44.3 Å². The molecule has 1 atom stereocenters. The van der Waals surface area contributed by atoms with Crippen LogP contribution >= 0.6 is 0 Å². The molecular weight excluding hydrogens is 356 g/mol. The zero-order valence-corrected chi connectivity index (χ0v) is 16.3. The monoisotopic (exact) mass is 382 g/mol. The number of hydrogen-bond donors (Lipinski definition) is 1. The number of morpholine rings is 1. The summed E-state index contributed by atoms with van der Waals surface area (Å²) in [5, 5.41) is 2.79. The van der Waals surface area contributed by atoms with Gasteiger partial charge >= 0.3 is 5.97 Å². The van der Waals surface area contributed by atoms with Gasteiger partial charge in [0.25, 0.3) is 5.91 Å². The summed E-state index contributed by atoms with van der Waals surface area (Å²) in [4.78, 5) is 26.6. The number of hydrogen-bond acceptors (Lipinski definition) is 5. The molecule has 0 aliphatic carbocycles. The Morgan fingerprint density at radius 2 is 1.71 bits per heavy atom. The minimum atomic E-state index is -0.864. The average Bonchev–Trinajstić information content (AvgIpc) is 2.71. The summed E-state index contributed by atoms with van der Waals surface area (Å²) in [7, 11) is 0. The first-order chi connectivity index (χ1) is 13.5. The Hall–Kier alpha value is -2.86. The SMILES string of the molecule is Cc1ccc(CC(=O)O[C@H](C)C(=O)Nc2ccc(N3CCOCC3)cc2)cc1. The Kier molecular flexibility index (Phi) is 6.66. The van der Waals surface area contributed by atoms with Crippen molar-refractivity contribution in [3.05, 3.63) is 59.7 Å². The molecule has 0 unspecified atom stereocenters. The lowest BCUT2D eigenvalue weighted by atomic mass is 10.1. The lowest BCUT2D eigenvalue weighted by molar-refractivity contribution is -0.152. The predicted molar refractivity (Wildman–Crippen MR) is 109 cm³/mol.